The molecule has 0 aliphatic carbocycles. The molecule has 110 valence electrons. The maximum absolute atomic E-state index is 13.2. The van der Waals surface area contributed by atoms with E-state index in [4.69, 9.17) is 0 Å². The first-order chi connectivity index (χ1) is 9.07. The summed E-state index contributed by atoms with van der Waals surface area (Å²) in [6, 6.07) is 0. The SMILES string of the molecule is CC(C)(O)C(=O)N/N=C\c1c(F)c(F)c(F)c(F)c1F. The molecule has 0 aromatic heterocycles. The highest BCUT2D eigenvalue weighted by Crippen LogP contribution is 2.21. The summed E-state index contributed by atoms with van der Waals surface area (Å²) >= 11 is 0. The lowest BCUT2D eigenvalue weighted by molar-refractivity contribution is -0.136. The summed E-state index contributed by atoms with van der Waals surface area (Å²) in [6.07, 6.45) is 0.250. The van der Waals surface area contributed by atoms with Crippen LogP contribution in [0, 0.1) is 29.1 Å². The van der Waals surface area contributed by atoms with E-state index in [9.17, 15) is 31.9 Å². The molecule has 1 rings (SSSR count). The predicted octanol–water partition coefficient (Wildman–Crippen LogP) is 1.60. The number of carbonyl (C=O) groups is 1. The van der Waals surface area contributed by atoms with Gasteiger partial charge in [-0.15, -0.1) is 0 Å². The number of rotatable bonds is 3. The molecular weight excluding hydrogens is 287 g/mol. The summed E-state index contributed by atoms with van der Waals surface area (Å²) in [6.45, 7) is 2.21. The molecule has 0 heterocycles. The van der Waals surface area contributed by atoms with Crippen LogP contribution in [0.2, 0.25) is 0 Å². The van der Waals surface area contributed by atoms with Gasteiger partial charge in [-0.25, -0.2) is 27.4 Å². The first-order valence-corrected chi connectivity index (χ1v) is 5.14. The van der Waals surface area contributed by atoms with E-state index in [1.54, 1.807) is 5.43 Å². The number of hydrogen-bond acceptors (Lipinski definition) is 3. The zero-order chi connectivity index (χ0) is 15.7. The third-order valence-electron chi connectivity index (χ3n) is 2.16. The number of carbonyl (C=O) groups excluding carboxylic acids is 1. The third kappa shape index (κ3) is 3.10. The molecule has 2 N–H and O–H groups in total. The first-order valence-electron chi connectivity index (χ1n) is 5.14. The molecule has 0 aliphatic rings. The van der Waals surface area contributed by atoms with E-state index in [0.29, 0.717) is 0 Å². The Morgan fingerprint density at radius 2 is 1.45 bits per heavy atom. The van der Waals surface area contributed by atoms with E-state index in [-0.39, 0.29) is 6.21 Å². The number of aliphatic hydroxyl groups is 1. The number of hydrazone groups is 1. The molecule has 1 aromatic rings. The van der Waals surface area contributed by atoms with Crippen molar-refractivity contribution in [3.05, 3.63) is 34.6 Å². The van der Waals surface area contributed by atoms with Crippen molar-refractivity contribution in [3.8, 4) is 0 Å². The highest BCUT2D eigenvalue weighted by molar-refractivity contribution is 5.86. The van der Waals surface area contributed by atoms with Gasteiger partial charge in [0.2, 0.25) is 5.82 Å². The summed E-state index contributed by atoms with van der Waals surface area (Å²) in [5, 5.41) is 12.2. The van der Waals surface area contributed by atoms with Crippen molar-refractivity contribution in [1.82, 2.24) is 5.43 Å². The first kappa shape index (κ1) is 16.0. The standard InChI is InChI=1S/C11H9F5N2O2/c1-11(2,20)10(19)18-17-3-4-5(12)7(14)9(16)8(15)6(4)13/h3,20H,1-2H3,(H,18,19)/b17-3-. The lowest BCUT2D eigenvalue weighted by atomic mass is 10.1. The second-order valence-corrected chi connectivity index (χ2v) is 4.24. The molecule has 0 spiro atoms. The van der Waals surface area contributed by atoms with Crippen molar-refractivity contribution in [2.45, 2.75) is 19.4 Å². The normalized spacial score (nSPS) is 12.0. The monoisotopic (exact) mass is 296 g/mol. The van der Waals surface area contributed by atoms with Gasteiger partial charge in [0.15, 0.2) is 23.3 Å². The summed E-state index contributed by atoms with van der Waals surface area (Å²) < 4.78 is 64.8. The predicted molar refractivity (Wildman–Crippen MR) is 58.3 cm³/mol. The topological polar surface area (TPSA) is 61.7 Å². The minimum absolute atomic E-state index is 0.250. The zero-order valence-electron chi connectivity index (χ0n) is 10.3. The van der Waals surface area contributed by atoms with Crippen molar-refractivity contribution in [2.75, 3.05) is 0 Å². The fraction of sp³-hybridized carbons (Fsp3) is 0.273. The summed E-state index contributed by atoms with van der Waals surface area (Å²) in [5.41, 5.74) is -1.45. The lowest BCUT2D eigenvalue weighted by Crippen LogP contribution is -2.39. The smallest absolute Gasteiger partial charge is 0.271 e. The maximum Gasteiger partial charge on any atom is 0.271 e. The van der Waals surface area contributed by atoms with Crippen LogP contribution in [0.4, 0.5) is 22.0 Å². The fourth-order valence-corrected chi connectivity index (χ4v) is 1.03. The van der Waals surface area contributed by atoms with Gasteiger partial charge in [0.05, 0.1) is 11.8 Å². The largest absolute Gasteiger partial charge is 0.381 e. The Hall–Kier alpha value is -2.03. The number of benzene rings is 1. The average molecular weight is 296 g/mol. The second-order valence-electron chi connectivity index (χ2n) is 4.24. The zero-order valence-corrected chi connectivity index (χ0v) is 10.3. The molecule has 9 heteroatoms. The summed E-state index contributed by atoms with van der Waals surface area (Å²) in [7, 11) is 0. The van der Waals surface area contributed by atoms with E-state index in [1.807, 2.05) is 0 Å². The highest BCUT2D eigenvalue weighted by Gasteiger charge is 2.25. The van der Waals surface area contributed by atoms with E-state index in [0.717, 1.165) is 13.8 Å². The maximum atomic E-state index is 13.2. The van der Waals surface area contributed by atoms with Gasteiger partial charge < -0.3 is 5.11 Å². The van der Waals surface area contributed by atoms with Crippen molar-refractivity contribution in [2.24, 2.45) is 5.10 Å². The molecule has 1 amide bonds. The molecule has 20 heavy (non-hydrogen) atoms. The Morgan fingerprint density at radius 1 is 1.05 bits per heavy atom. The Morgan fingerprint density at radius 3 is 1.85 bits per heavy atom. The van der Waals surface area contributed by atoms with Crippen LogP contribution in [0.3, 0.4) is 0 Å². The molecule has 0 saturated carbocycles. The van der Waals surface area contributed by atoms with Crippen LogP contribution in [0.5, 0.6) is 0 Å². The number of hydrogen-bond donors (Lipinski definition) is 2. The van der Waals surface area contributed by atoms with E-state index < -0.39 is 46.2 Å². The number of amides is 1. The highest BCUT2D eigenvalue weighted by atomic mass is 19.2. The van der Waals surface area contributed by atoms with Gasteiger partial charge in [-0.2, -0.15) is 5.10 Å². The van der Waals surface area contributed by atoms with E-state index in [1.165, 1.54) is 0 Å². The van der Waals surface area contributed by atoms with E-state index >= 15 is 0 Å². The second kappa shape index (κ2) is 5.53. The summed E-state index contributed by atoms with van der Waals surface area (Å²) in [4.78, 5) is 11.1. The van der Waals surface area contributed by atoms with Crippen LogP contribution < -0.4 is 5.43 Å². The number of nitrogens with one attached hydrogen (secondary N) is 1. The van der Waals surface area contributed by atoms with Crippen LogP contribution in [0.25, 0.3) is 0 Å². The van der Waals surface area contributed by atoms with Gasteiger partial charge in [-0.3, -0.25) is 4.79 Å². The molecule has 1 aromatic carbocycles. The third-order valence-corrected chi connectivity index (χ3v) is 2.16. The Balaban J connectivity index is 3.08. The summed E-state index contributed by atoms with van der Waals surface area (Å²) in [5.74, 6) is -11.7. The average Bonchev–Trinajstić information content (AvgIpc) is 2.36. The van der Waals surface area contributed by atoms with Gasteiger partial charge in [-0.1, -0.05) is 0 Å². The van der Waals surface area contributed by atoms with Crippen LogP contribution in [-0.4, -0.2) is 22.8 Å². The molecule has 0 unspecified atom stereocenters. The van der Waals surface area contributed by atoms with Gasteiger partial charge in [0.1, 0.15) is 5.60 Å². The minimum Gasteiger partial charge on any atom is -0.381 e. The van der Waals surface area contributed by atoms with Gasteiger partial charge in [0, 0.05) is 0 Å². The molecule has 0 atom stereocenters. The molecule has 0 fully saturated rings. The Kier molecular flexibility index (Phi) is 4.43. The van der Waals surface area contributed by atoms with Crippen LogP contribution in [-0.2, 0) is 4.79 Å². The molecule has 0 saturated heterocycles. The molecule has 0 radical (unpaired) electrons. The van der Waals surface area contributed by atoms with Crippen LogP contribution >= 0.6 is 0 Å². The Bertz CT molecular complexity index is 552. The van der Waals surface area contributed by atoms with Crippen molar-refractivity contribution in [1.29, 1.82) is 0 Å². The fourth-order valence-electron chi connectivity index (χ4n) is 1.03. The molecule has 4 nitrogen and oxygen atoms in total. The van der Waals surface area contributed by atoms with Gasteiger partial charge >= 0.3 is 0 Å². The quantitative estimate of drug-likeness (QED) is 0.293. The van der Waals surface area contributed by atoms with Crippen molar-refractivity contribution >= 4 is 12.1 Å². The lowest BCUT2D eigenvalue weighted by Gasteiger charge is -2.13. The molecule has 0 bridgehead atoms. The van der Waals surface area contributed by atoms with Gasteiger partial charge in [-0.05, 0) is 13.8 Å². The van der Waals surface area contributed by atoms with Crippen LogP contribution in [0.1, 0.15) is 19.4 Å². The molecule has 0 aliphatic heterocycles. The van der Waals surface area contributed by atoms with Crippen molar-refractivity contribution < 1.29 is 31.9 Å². The van der Waals surface area contributed by atoms with E-state index in [2.05, 4.69) is 5.10 Å². The van der Waals surface area contributed by atoms with Crippen LogP contribution in [0.15, 0.2) is 5.10 Å². The number of halogens is 5. The molecular formula is C11H9F5N2O2. The Labute approximate surface area is 109 Å². The van der Waals surface area contributed by atoms with Gasteiger partial charge in [0.25, 0.3) is 5.91 Å². The number of nitrogens with zero attached hydrogens (tertiary/aromatic N) is 1. The van der Waals surface area contributed by atoms with Crippen molar-refractivity contribution in [3.63, 3.8) is 0 Å². The minimum atomic E-state index is -2.29.